The van der Waals surface area contributed by atoms with E-state index in [0.29, 0.717) is 56.4 Å². The van der Waals surface area contributed by atoms with Gasteiger partial charge in [0.15, 0.2) is 0 Å². The van der Waals surface area contributed by atoms with Crippen molar-refractivity contribution in [2.45, 2.75) is 37.9 Å². The highest BCUT2D eigenvalue weighted by Gasteiger charge is 2.48. The Kier molecular flexibility index (Phi) is 6.94. The number of nitrogens with zero attached hydrogens (tertiary/aromatic N) is 4. The average Bonchev–Trinajstić information content (AvgIpc) is 3.47. The maximum absolute atomic E-state index is 14.8. The van der Waals surface area contributed by atoms with Crippen molar-refractivity contribution in [1.82, 2.24) is 14.9 Å². The van der Waals surface area contributed by atoms with Crippen LogP contribution in [0.1, 0.15) is 46.3 Å². The Bertz CT molecular complexity index is 1760. The molecule has 3 aliphatic rings. The number of nitrogens with one attached hydrogen (secondary N) is 1. The van der Waals surface area contributed by atoms with E-state index in [0.717, 1.165) is 19.3 Å². The van der Waals surface area contributed by atoms with Gasteiger partial charge in [0.25, 0.3) is 5.91 Å². The Labute approximate surface area is 252 Å². The van der Waals surface area contributed by atoms with Gasteiger partial charge in [-0.1, -0.05) is 23.7 Å². The largest absolute Gasteiger partial charge is 0.338 e. The van der Waals surface area contributed by atoms with Crippen LogP contribution in [-0.4, -0.2) is 45.6 Å². The van der Waals surface area contributed by atoms with Crippen LogP contribution in [0.25, 0.3) is 11.3 Å². The molecule has 2 bridgehead atoms. The molecule has 1 amide bonds. The summed E-state index contributed by atoms with van der Waals surface area (Å²) in [5.41, 5.74) is 10.0. The van der Waals surface area contributed by atoms with Gasteiger partial charge in [0.05, 0.1) is 23.5 Å². The molecule has 2 heterocycles. The molecule has 7 rings (SSSR count). The molecule has 0 spiro atoms. The van der Waals surface area contributed by atoms with Crippen molar-refractivity contribution >= 4 is 34.9 Å². The van der Waals surface area contributed by atoms with Gasteiger partial charge in [-0.15, -0.1) is 0 Å². The molecule has 10 heteroatoms. The molecule has 3 N–H and O–H groups in total. The van der Waals surface area contributed by atoms with Crippen molar-refractivity contribution in [3.05, 3.63) is 106 Å². The van der Waals surface area contributed by atoms with Crippen LogP contribution in [-0.2, 0) is 6.54 Å². The normalized spacial score (nSPS) is 21.9. The molecule has 0 saturated heterocycles. The predicted octanol–water partition coefficient (Wildman–Crippen LogP) is 6.37. The number of carbonyl (C=O) groups excluding carboxylic acids is 1. The lowest BCUT2D eigenvalue weighted by Crippen LogP contribution is -2.42. The summed E-state index contributed by atoms with van der Waals surface area (Å²) in [7, 11) is 1.87. The number of anilines is 2. The number of fused-ring (bicyclic) bond motifs is 5. The lowest BCUT2D eigenvalue weighted by Gasteiger charge is -2.31. The highest BCUT2D eigenvalue weighted by atomic mass is 35.5. The maximum Gasteiger partial charge on any atom is 0.253 e. The Hall–Kier alpha value is -4.21. The van der Waals surface area contributed by atoms with E-state index in [4.69, 9.17) is 22.3 Å². The molecule has 1 aromatic heterocycles. The molecule has 43 heavy (non-hydrogen) atoms. The molecule has 4 unspecified atom stereocenters. The highest BCUT2D eigenvalue weighted by Crippen LogP contribution is 2.46. The molecule has 4 aromatic rings. The molecule has 218 valence electrons. The maximum atomic E-state index is 14.8. The first kappa shape index (κ1) is 27.6. The number of nitrogens with two attached hydrogens (primary N) is 1. The smallest absolute Gasteiger partial charge is 0.253 e. The summed E-state index contributed by atoms with van der Waals surface area (Å²) in [5, 5.41) is 3.61. The van der Waals surface area contributed by atoms with E-state index in [1.807, 2.05) is 24.1 Å². The SMILES string of the molecule is CN(C(=O)c1ccc(Nc2ncc3c(n2)-c2ccc(Cl)cc2C(c2c(F)cccc2F)=NC3)cc1)C1CC2CCC1C2N. The second kappa shape index (κ2) is 10.8. The fraction of sp³-hybridized carbons (Fsp3) is 0.273. The molecule has 4 atom stereocenters. The fourth-order valence-corrected chi connectivity index (χ4v) is 7.07. The number of halogens is 3. The quantitative estimate of drug-likeness (QED) is 0.278. The minimum atomic E-state index is -0.712. The first-order chi connectivity index (χ1) is 20.8. The van der Waals surface area contributed by atoms with Crippen LogP contribution in [0.4, 0.5) is 20.4 Å². The third-order valence-electron chi connectivity index (χ3n) is 9.12. The minimum absolute atomic E-state index is 0.0186. The molecule has 0 radical (unpaired) electrons. The zero-order chi connectivity index (χ0) is 29.8. The summed E-state index contributed by atoms with van der Waals surface area (Å²) in [4.78, 5) is 28.9. The molecule has 2 saturated carbocycles. The van der Waals surface area contributed by atoms with Gasteiger partial charge >= 0.3 is 0 Å². The van der Waals surface area contributed by atoms with E-state index in [-0.39, 0.29) is 35.8 Å². The Morgan fingerprint density at radius 3 is 2.51 bits per heavy atom. The van der Waals surface area contributed by atoms with Crippen molar-refractivity contribution in [2.24, 2.45) is 22.6 Å². The van der Waals surface area contributed by atoms with Gasteiger partial charge in [-0.3, -0.25) is 9.79 Å². The van der Waals surface area contributed by atoms with Gasteiger partial charge in [0, 0.05) is 58.3 Å². The lowest BCUT2D eigenvalue weighted by atomic mass is 9.94. The van der Waals surface area contributed by atoms with Gasteiger partial charge in [0.2, 0.25) is 5.95 Å². The van der Waals surface area contributed by atoms with Gasteiger partial charge in [-0.2, -0.15) is 0 Å². The summed E-state index contributed by atoms with van der Waals surface area (Å²) in [6.07, 6.45) is 4.87. The Morgan fingerprint density at radius 2 is 1.81 bits per heavy atom. The predicted molar refractivity (Wildman–Crippen MR) is 163 cm³/mol. The number of amides is 1. The third-order valence-corrected chi connectivity index (χ3v) is 9.35. The van der Waals surface area contributed by atoms with E-state index in [9.17, 15) is 13.6 Å². The zero-order valence-corrected chi connectivity index (χ0v) is 24.2. The van der Waals surface area contributed by atoms with Gasteiger partial charge < -0.3 is 16.0 Å². The Morgan fingerprint density at radius 1 is 1.05 bits per heavy atom. The van der Waals surface area contributed by atoms with Crippen LogP contribution in [0.3, 0.4) is 0 Å². The molecular weight excluding hydrogens is 570 g/mol. The standard InChI is InChI=1S/C33H29ClF2N6O/c1-42(27-13-18-7-11-23(27)29(18)37)32(43)17-5-9-21(10-6-17)40-33-39-16-19-15-38-31(28-25(35)3-2-4-26(28)36)24-14-20(34)8-12-22(24)30(19)41-33/h2-6,8-10,12,14,16,18,23,27,29H,7,11,13,15,37H2,1H3,(H,39,40,41). The number of aliphatic imine (C=N–C) groups is 1. The fourth-order valence-electron chi connectivity index (χ4n) is 6.90. The van der Waals surface area contributed by atoms with E-state index in [1.54, 1.807) is 36.5 Å². The number of rotatable bonds is 5. The number of benzene rings is 3. The van der Waals surface area contributed by atoms with E-state index in [2.05, 4.69) is 15.3 Å². The van der Waals surface area contributed by atoms with Crippen LogP contribution in [0.2, 0.25) is 5.02 Å². The molecular formula is C33H29ClF2N6O. The van der Waals surface area contributed by atoms with Crippen molar-refractivity contribution in [1.29, 1.82) is 0 Å². The van der Waals surface area contributed by atoms with E-state index >= 15 is 0 Å². The minimum Gasteiger partial charge on any atom is -0.338 e. The second-order valence-corrected chi connectivity index (χ2v) is 12.0. The number of carbonyl (C=O) groups is 1. The second-order valence-electron chi connectivity index (χ2n) is 11.5. The zero-order valence-electron chi connectivity index (χ0n) is 23.4. The molecule has 3 aromatic carbocycles. The number of hydrogen-bond donors (Lipinski definition) is 2. The third kappa shape index (κ3) is 4.86. The Balaban J connectivity index is 1.14. The summed E-state index contributed by atoms with van der Waals surface area (Å²) in [6, 6.07) is 16.4. The average molecular weight is 599 g/mol. The van der Waals surface area contributed by atoms with Gasteiger partial charge in [-0.05, 0) is 79.6 Å². The molecule has 1 aliphatic heterocycles. The van der Waals surface area contributed by atoms with Crippen LogP contribution < -0.4 is 11.1 Å². The summed E-state index contributed by atoms with van der Waals surface area (Å²) >= 11 is 6.32. The van der Waals surface area contributed by atoms with E-state index in [1.165, 1.54) is 18.2 Å². The van der Waals surface area contributed by atoms with E-state index < -0.39 is 11.6 Å². The van der Waals surface area contributed by atoms with Crippen LogP contribution in [0.5, 0.6) is 0 Å². The molecule has 2 aliphatic carbocycles. The number of aromatic nitrogens is 2. The van der Waals surface area contributed by atoms with Crippen molar-refractivity contribution in [3.8, 4) is 11.3 Å². The summed E-state index contributed by atoms with van der Waals surface area (Å²) in [6.45, 7) is 0.128. The molecule has 7 nitrogen and oxygen atoms in total. The number of hydrogen-bond acceptors (Lipinski definition) is 6. The monoisotopic (exact) mass is 598 g/mol. The lowest BCUT2D eigenvalue weighted by molar-refractivity contribution is 0.0675. The summed E-state index contributed by atoms with van der Waals surface area (Å²) < 4.78 is 29.7. The van der Waals surface area contributed by atoms with Crippen molar-refractivity contribution in [2.75, 3.05) is 12.4 Å². The topological polar surface area (TPSA) is 96.5 Å². The van der Waals surface area contributed by atoms with Crippen molar-refractivity contribution < 1.29 is 13.6 Å². The summed E-state index contributed by atoms with van der Waals surface area (Å²) in [5.74, 6) is -0.228. The van der Waals surface area contributed by atoms with Crippen LogP contribution in [0, 0.1) is 23.5 Å². The van der Waals surface area contributed by atoms with Gasteiger partial charge in [0.1, 0.15) is 11.6 Å². The van der Waals surface area contributed by atoms with Gasteiger partial charge in [-0.25, -0.2) is 18.7 Å². The first-order valence-electron chi connectivity index (χ1n) is 14.3. The molecule has 2 fully saturated rings. The van der Waals surface area contributed by atoms with Crippen molar-refractivity contribution in [3.63, 3.8) is 0 Å². The van der Waals surface area contributed by atoms with Crippen LogP contribution in [0.15, 0.2) is 71.9 Å². The van der Waals surface area contributed by atoms with Crippen LogP contribution >= 0.6 is 11.6 Å². The highest BCUT2D eigenvalue weighted by molar-refractivity contribution is 6.31. The first-order valence-corrected chi connectivity index (χ1v) is 14.7.